The molecule has 5 rings (SSSR count). The lowest BCUT2D eigenvalue weighted by atomic mass is 10.1. The van der Waals surface area contributed by atoms with Gasteiger partial charge in [-0.25, -0.2) is 9.78 Å². The maximum absolute atomic E-state index is 13.5. The Bertz CT molecular complexity index is 1770. The molecule has 0 spiro atoms. The largest absolute Gasteiger partial charge is 0.493 e. The second kappa shape index (κ2) is 11.3. The topological polar surface area (TPSA) is 103 Å². The average Bonchev–Trinajstić information content (AvgIpc) is 2.96. The SMILES string of the molecule is COc1cc(Br)cc(C=Nn2c(-c3ccccc3)nc3ccccc3c2=O)c1OCc1cccc(C(=O)O)c1. The minimum absolute atomic E-state index is 0.0900. The second-order valence-corrected chi connectivity index (χ2v) is 9.42. The van der Waals surface area contributed by atoms with E-state index in [1.54, 1.807) is 48.5 Å². The number of carbonyl (C=O) groups is 1. The van der Waals surface area contributed by atoms with E-state index in [9.17, 15) is 14.7 Å². The van der Waals surface area contributed by atoms with Crippen molar-refractivity contribution < 1.29 is 19.4 Å². The molecule has 1 aromatic heterocycles. The number of aromatic carboxylic acids is 1. The Morgan fingerprint density at radius 1 is 1.03 bits per heavy atom. The van der Waals surface area contributed by atoms with Gasteiger partial charge in [0.05, 0.1) is 29.8 Å². The van der Waals surface area contributed by atoms with Crippen LogP contribution in [-0.2, 0) is 6.61 Å². The number of para-hydroxylation sites is 1. The molecule has 0 radical (unpaired) electrons. The van der Waals surface area contributed by atoms with Crippen LogP contribution in [0.1, 0.15) is 21.5 Å². The molecule has 39 heavy (non-hydrogen) atoms. The molecule has 0 aliphatic carbocycles. The number of hydrogen-bond acceptors (Lipinski definition) is 6. The molecule has 8 nitrogen and oxygen atoms in total. The molecule has 194 valence electrons. The number of ether oxygens (including phenoxy) is 2. The Morgan fingerprint density at radius 3 is 2.56 bits per heavy atom. The maximum atomic E-state index is 13.5. The molecule has 0 bridgehead atoms. The van der Waals surface area contributed by atoms with Crippen molar-refractivity contribution in [1.82, 2.24) is 9.66 Å². The third-order valence-electron chi connectivity index (χ3n) is 5.92. The summed E-state index contributed by atoms with van der Waals surface area (Å²) in [6.07, 6.45) is 1.51. The number of nitrogens with zero attached hydrogens (tertiary/aromatic N) is 3. The van der Waals surface area contributed by atoms with Crippen LogP contribution in [0.5, 0.6) is 11.5 Å². The van der Waals surface area contributed by atoms with E-state index in [4.69, 9.17) is 14.5 Å². The van der Waals surface area contributed by atoms with E-state index in [2.05, 4.69) is 21.0 Å². The molecule has 0 fully saturated rings. The van der Waals surface area contributed by atoms with Crippen molar-refractivity contribution in [2.75, 3.05) is 7.11 Å². The Morgan fingerprint density at radius 2 is 1.79 bits per heavy atom. The first-order valence-electron chi connectivity index (χ1n) is 11.9. The van der Waals surface area contributed by atoms with E-state index >= 15 is 0 Å². The Hall–Kier alpha value is -4.76. The van der Waals surface area contributed by atoms with Crippen molar-refractivity contribution in [1.29, 1.82) is 0 Å². The van der Waals surface area contributed by atoms with Crippen LogP contribution < -0.4 is 15.0 Å². The molecular weight excluding hydrogens is 562 g/mol. The Balaban J connectivity index is 1.59. The van der Waals surface area contributed by atoms with E-state index in [1.807, 2.05) is 36.4 Å². The standard InChI is InChI=1S/C30H22BrN3O5/c1-38-26-16-23(31)15-22(27(26)39-18-19-8-7-11-21(14-19)30(36)37)17-32-34-28(20-9-3-2-4-10-20)33-25-13-6-5-12-24(25)29(34)35/h2-17H,18H2,1H3,(H,36,37). The van der Waals surface area contributed by atoms with Crippen LogP contribution in [0.4, 0.5) is 0 Å². The van der Waals surface area contributed by atoms with Gasteiger partial charge in [-0.1, -0.05) is 70.5 Å². The molecule has 5 aromatic rings. The van der Waals surface area contributed by atoms with E-state index in [1.165, 1.54) is 24.1 Å². The fraction of sp³-hybridized carbons (Fsp3) is 0.0667. The molecule has 1 heterocycles. The summed E-state index contributed by atoms with van der Waals surface area (Å²) in [6.45, 7) is 0.0900. The molecule has 0 amide bonds. The van der Waals surface area contributed by atoms with Gasteiger partial charge in [0, 0.05) is 15.6 Å². The molecule has 0 saturated carbocycles. The van der Waals surface area contributed by atoms with Crippen LogP contribution in [0.15, 0.2) is 105 Å². The summed E-state index contributed by atoms with van der Waals surface area (Å²) in [4.78, 5) is 29.6. The van der Waals surface area contributed by atoms with Gasteiger partial charge in [0.2, 0.25) is 0 Å². The Labute approximate surface area is 231 Å². The smallest absolute Gasteiger partial charge is 0.335 e. The molecule has 0 unspecified atom stereocenters. The van der Waals surface area contributed by atoms with Gasteiger partial charge in [-0.15, -0.1) is 0 Å². The van der Waals surface area contributed by atoms with Crippen molar-refractivity contribution in [3.8, 4) is 22.9 Å². The summed E-state index contributed by atoms with van der Waals surface area (Å²) in [6, 6.07) is 26.5. The van der Waals surface area contributed by atoms with Gasteiger partial charge in [0.1, 0.15) is 6.61 Å². The van der Waals surface area contributed by atoms with Gasteiger partial charge in [0.25, 0.3) is 5.56 Å². The summed E-state index contributed by atoms with van der Waals surface area (Å²) in [5.41, 5.74) is 2.37. The Kier molecular flexibility index (Phi) is 7.51. The summed E-state index contributed by atoms with van der Waals surface area (Å²) >= 11 is 3.49. The predicted molar refractivity (Wildman–Crippen MR) is 153 cm³/mol. The monoisotopic (exact) mass is 583 g/mol. The van der Waals surface area contributed by atoms with E-state index in [0.29, 0.717) is 43.8 Å². The van der Waals surface area contributed by atoms with Gasteiger partial charge >= 0.3 is 5.97 Å². The number of carboxylic acids is 1. The third-order valence-corrected chi connectivity index (χ3v) is 6.38. The zero-order valence-corrected chi connectivity index (χ0v) is 22.3. The molecule has 0 saturated heterocycles. The maximum Gasteiger partial charge on any atom is 0.335 e. The van der Waals surface area contributed by atoms with Crippen molar-refractivity contribution in [3.63, 3.8) is 0 Å². The summed E-state index contributed by atoms with van der Waals surface area (Å²) in [5.74, 6) is 0.195. The van der Waals surface area contributed by atoms with E-state index in [0.717, 1.165) is 5.56 Å². The highest BCUT2D eigenvalue weighted by Gasteiger charge is 2.15. The highest BCUT2D eigenvalue weighted by atomic mass is 79.9. The second-order valence-electron chi connectivity index (χ2n) is 8.50. The fourth-order valence-corrected chi connectivity index (χ4v) is 4.52. The minimum atomic E-state index is -1.02. The number of aromatic nitrogens is 2. The van der Waals surface area contributed by atoms with Crippen LogP contribution >= 0.6 is 15.9 Å². The number of rotatable bonds is 8. The predicted octanol–water partition coefficient (Wildman–Crippen LogP) is 5.99. The summed E-state index contributed by atoms with van der Waals surface area (Å²) < 4.78 is 13.6. The molecular formula is C30H22BrN3O5. The van der Waals surface area contributed by atoms with Crippen LogP contribution in [0.25, 0.3) is 22.3 Å². The molecule has 0 aliphatic heterocycles. The average molecular weight is 584 g/mol. The summed E-state index contributed by atoms with van der Waals surface area (Å²) in [7, 11) is 1.52. The van der Waals surface area contributed by atoms with Gasteiger partial charge < -0.3 is 14.6 Å². The van der Waals surface area contributed by atoms with E-state index in [-0.39, 0.29) is 17.7 Å². The molecule has 0 atom stereocenters. The number of methoxy groups -OCH3 is 1. The van der Waals surface area contributed by atoms with Crippen LogP contribution in [0, 0.1) is 0 Å². The first kappa shape index (κ1) is 25.9. The lowest BCUT2D eigenvalue weighted by Gasteiger charge is -2.15. The highest BCUT2D eigenvalue weighted by molar-refractivity contribution is 9.10. The van der Waals surface area contributed by atoms with E-state index < -0.39 is 5.97 Å². The van der Waals surface area contributed by atoms with Gasteiger partial charge in [-0.05, 0) is 42.0 Å². The zero-order valence-electron chi connectivity index (χ0n) is 20.7. The first-order chi connectivity index (χ1) is 18.9. The lowest BCUT2D eigenvalue weighted by Crippen LogP contribution is -2.20. The van der Waals surface area contributed by atoms with Crippen molar-refractivity contribution in [2.24, 2.45) is 5.10 Å². The highest BCUT2D eigenvalue weighted by Crippen LogP contribution is 2.35. The number of benzene rings is 4. The van der Waals surface area contributed by atoms with Gasteiger partial charge in [-0.2, -0.15) is 9.78 Å². The molecule has 4 aromatic carbocycles. The number of halogens is 1. The molecule has 1 N–H and O–H groups in total. The van der Waals surface area contributed by atoms with Crippen LogP contribution in [0.3, 0.4) is 0 Å². The van der Waals surface area contributed by atoms with Crippen LogP contribution in [0.2, 0.25) is 0 Å². The molecule has 9 heteroatoms. The van der Waals surface area contributed by atoms with Gasteiger partial charge in [-0.3, -0.25) is 4.79 Å². The number of fused-ring (bicyclic) bond motifs is 1. The quantitative estimate of drug-likeness (QED) is 0.225. The van der Waals surface area contributed by atoms with Crippen molar-refractivity contribution in [2.45, 2.75) is 6.61 Å². The minimum Gasteiger partial charge on any atom is -0.493 e. The summed E-state index contributed by atoms with van der Waals surface area (Å²) in [5, 5.41) is 14.3. The van der Waals surface area contributed by atoms with Crippen molar-refractivity contribution in [3.05, 3.63) is 123 Å². The zero-order chi connectivity index (χ0) is 27.4. The lowest BCUT2D eigenvalue weighted by molar-refractivity contribution is 0.0696. The first-order valence-corrected chi connectivity index (χ1v) is 12.7. The van der Waals surface area contributed by atoms with Crippen molar-refractivity contribution >= 4 is 39.0 Å². The molecule has 0 aliphatic rings. The fourth-order valence-electron chi connectivity index (χ4n) is 4.07. The number of hydrogen-bond donors (Lipinski definition) is 1. The normalized spacial score (nSPS) is 11.1. The van der Waals surface area contributed by atoms with Gasteiger partial charge in [0.15, 0.2) is 17.3 Å². The van der Waals surface area contributed by atoms with Crippen LogP contribution in [-0.4, -0.2) is 34.1 Å². The third kappa shape index (κ3) is 5.58. The number of carboxylic acid groups (broad SMARTS) is 1.